The zero-order chi connectivity index (χ0) is 30.0. The highest BCUT2D eigenvalue weighted by Gasteiger charge is 2.39. The molecule has 0 unspecified atom stereocenters. The lowest BCUT2D eigenvalue weighted by atomic mass is 9.88. The smallest absolute Gasteiger partial charge is 0.418 e. The second kappa shape index (κ2) is 11.6. The number of hydrogen-bond donors (Lipinski definition) is 2. The van der Waals surface area contributed by atoms with Crippen molar-refractivity contribution in [1.82, 2.24) is 14.9 Å². The number of aromatic nitrogens is 2. The van der Waals surface area contributed by atoms with Crippen LogP contribution in [0.4, 0.5) is 32.4 Å². The quantitative estimate of drug-likeness (QED) is 0.166. The summed E-state index contributed by atoms with van der Waals surface area (Å²) in [7, 11) is -1.43. The van der Waals surface area contributed by atoms with Crippen LogP contribution in [-0.4, -0.2) is 50.0 Å². The van der Waals surface area contributed by atoms with Crippen LogP contribution in [0.3, 0.4) is 0 Å². The largest absolute Gasteiger partial charge is 0.450 e. The van der Waals surface area contributed by atoms with Gasteiger partial charge in [0.15, 0.2) is 17.4 Å². The molecule has 15 heteroatoms. The summed E-state index contributed by atoms with van der Waals surface area (Å²) in [5.74, 6) is -3.97. The van der Waals surface area contributed by atoms with E-state index in [1.54, 1.807) is 0 Å². The van der Waals surface area contributed by atoms with E-state index in [9.17, 15) is 32.0 Å². The Hall–Kier alpha value is -3.74. The molecule has 2 aromatic heterocycles. The fourth-order valence-electron chi connectivity index (χ4n) is 3.94. The Bertz CT molecular complexity index is 1450. The van der Waals surface area contributed by atoms with Gasteiger partial charge in [-0.1, -0.05) is 19.6 Å². The van der Waals surface area contributed by atoms with Gasteiger partial charge in [-0.25, -0.2) is 18.6 Å². The Morgan fingerprint density at radius 2 is 1.93 bits per heavy atom. The fourth-order valence-corrected chi connectivity index (χ4v) is 4.70. The third-order valence-electron chi connectivity index (χ3n) is 6.30. The highest BCUT2D eigenvalue weighted by Crippen LogP contribution is 2.42. The molecule has 1 aliphatic rings. The summed E-state index contributed by atoms with van der Waals surface area (Å²) in [6.45, 7) is 6.82. The van der Waals surface area contributed by atoms with Gasteiger partial charge in [0.05, 0.1) is 30.2 Å². The molecule has 3 heterocycles. The monoisotopic (exact) mass is 597 g/mol. The lowest BCUT2D eigenvalue weighted by Crippen LogP contribution is -2.50. The van der Waals surface area contributed by atoms with Gasteiger partial charge in [-0.2, -0.15) is 18.4 Å². The molecule has 0 aliphatic carbocycles. The molecule has 4 rings (SSSR count). The molecule has 2 N–H and O–H groups in total. The summed E-state index contributed by atoms with van der Waals surface area (Å²) in [5, 5.41) is 13.4. The standard InChI is InChI=1S/C26H28F5N5O4Si/c1-41(2,3)7-6-38-15-36-10-17(26(29,30)31)21-20(4-5-33-23(21)36)40-22-18(27)8-16(9-19(22)28)35-24(37)34-12-25(11-32)13-39-14-25/h4-5,8-10H,6-7,12-15H2,1-3H3,(H2,34,35,37). The number of benzene rings is 1. The van der Waals surface area contributed by atoms with Gasteiger partial charge in [0.2, 0.25) is 0 Å². The number of ether oxygens (including phenoxy) is 3. The number of rotatable bonds is 10. The summed E-state index contributed by atoms with van der Waals surface area (Å²) < 4.78 is 88.8. The van der Waals surface area contributed by atoms with Crippen molar-refractivity contribution >= 4 is 30.8 Å². The van der Waals surface area contributed by atoms with Gasteiger partial charge < -0.3 is 29.4 Å². The minimum Gasteiger partial charge on any atom is -0.450 e. The van der Waals surface area contributed by atoms with E-state index in [2.05, 4.69) is 35.3 Å². The molecule has 41 heavy (non-hydrogen) atoms. The first-order valence-corrected chi connectivity index (χ1v) is 16.3. The van der Waals surface area contributed by atoms with Gasteiger partial charge in [0, 0.05) is 51.4 Å². The molecule has 9 nitrogen and oxygen atoms in total. The van der Waals surface area contributed by atoms with Crippen molar-refractivity contribution in [2.24, 2.45) is 5.41 Å². The summed E-state index contributed by atoms with van der Waals surface area (Å²) in [4.78, 5) is 16.2. The van der Waals surface area contributed by atoms with Gasteiger partial charge in [0.25, 0.3) is 0 Å². The number of urea groups is 1. The SMILES string of the molecule is C[Si](C)(C)CCOCn1cc(C(F)(F)F)c2c(Oc3c(F)cc(NC(=O)NCC4(C#N)COC4)cc3F)ccnc21. The fraction of sp³-hybridized carbons (Fsp3) is 0.423. The van der Waals surface area contributed by atoms with Crippen molar-refractivity contribution in [1.29, 1.82) is 5.26 Å². The van der Waals surface area contributed by atoms with Crippen LogP contribution in [0, 0.1) is 28.4 Å². The second-order valence-electron chi connectivity index (χ2n) is 10.9. The van der Waals surface area contributed by atoms with E-state index in [1.165, 1.54) is 4.57 Å². The minimum absolute atomic E-state index is 0.0376. The number of fused-ring (bicyclic) bond motifs is 1. The molecule has 1 saturated heterocycles. The topological polar surface area (TPSA) is 110 Å². The first-order chi connectivity index (χ1) is 19.2. The van der Waals surface area contributed by atoms with E-state index in [0.717, 1.165) is 36.6 Å². The summed E-state index contributed by atoms with van der Waals surface area (Å²) >= 11 is 0. The number of pyridine rings is 1. The van der Waals surface area contributed by atoms with Gasteiger partial charge in [-0.15, -0.1) is 0 Å². The zero-order valence-electron chi connectivity index (χ0n) is 22.5. The second-order valence-corrected chi connectivity index (χ2v) is 16.6. The third kappa shape index (κ3) is 7.13. The number of nitrogens with zero attached hydrogens (tertiary/aromatic N) is 3. The van der Waals surface area contributed by atoms with Crippen molar-refractivity contribution < 1.29 is 41.0 Å². The van der Waals surface area contributed by atoms with Crippen molar-refractivity contribution in [3.63, 3.8) is 0 Å². The molecule has 0 bridgehead atoms. The van der Waals surface area contributed by atoms with Gasteiger partial charge in [-0.05, 0) is 12.1 Å². The Morgan fingerprint density at radius 3 is 2.49 bits per heavy atom. The van der Waals surface area contributed by atoms with Crippen molar-refractivity contribution in [2.45, 2.75) is 38.6 Å². The highest BCUT2D eigenvalue weighted by molar-refractivity contribution is 6.76. The molecule has 0 spiro atoms. The third-order valence-corrected chi connectivity index (χ3v) is 8.00. The molecule has 0 radical (unpaired) electrons. The maximum absolute atomic E-state index is 14.9. The van der Waals surface area contributed by atoms with E-state index in [0.29, 0.717) is 6.61 Å². The number of carbonyl (C=O) groups excluding carboxylic acids is 1. The Kier molecular flexibility index (Phi) is 8.57. The molecule has 1 fully saturated rings. The number of amides is 2. The molecule has 220 valence electrons. The lowest BCUT2D eigenvalue weighted by Gasteiger charge is -2.34. The number of anilines is 1. The van der Waals surface area contributed by atoms with Gasteiger partial charge in [0.1, 0.15) is 23.5 Å². The first kappa shape index (κ1) is 30.2. The Labute approximate surface area is 233 Å². The first-order valence-electron chi connectivity index (χ1n) is 12.5. The molecule has 3 aromatic rings. The molecular weight excluding hydrogens is 569 g/mol. The highest BCUT2D eigenvalue weighted by atomic mass is 28.3. The van der Waals surface area contributed by atoms with Crippen LogP contribution in [0.1, 0.15) is 5.56 Å². The van der Waals surface area contributed by atoms with Crippen LogP contribution < -0.4 is 15.4 Å². The Morgan fingerprint density at radius 1 is 1.24 bits per heavy atom. The van der Waals surface area contributed by atoms with Crippen LogP contribution in [0.5, 0.6) is 11.5 Å². The van der Waals surface area contributed by atoms with E-state index >= 15 is 0 Å². The minimum atomic E-state index is -4.82. The lowest BCUT2D eigenvalue weighted by molar-refractivity contribution is -0.136. The maximum atomic E-state index is 14.9. The van der Waals surface area contributed by atoms with Crippen molar-refractivity contribution in [2.75, 3.05) is 31.7 Å². The van der Waals surface area contributed by atoms with E-state index in [-0.39, 0.29) is 37.8 Å². The molecule has 0 atom stereocenters. The summed E-state index contributed by atoms with van der Waals surface area (Å²) in [6, 6.07) is 4.61. The number of nitrogens with one attached hydrogen (secondary N) is 2. The number of carbonyl (C=O) groups is 1. The number of alkyl halides is 3. The molecular formula is C26H28F5N5O4Si. The number of hydrogen-bond acceptors (Lipinski definition) is 6. The molecule has 0 saturated carbocycles. The predicted molar refractivity (Wildman–Crippen MR) is 141 cm³/mol. The van der Waals surface area contributed by atoms with Gasteiger partial charge in [-0.3, -0.25) is 0 Å². The van der Waals surface area contributed by atoms with Crippen LogP contribution in [0.2, 0.25) is 25.7 Å². The average Bonchev–Trinajstić information content (AvgIpc) is 3.23. The van der Waals surface area contributed by atoms with E-state index in [1.807, 2.05) is 6.07 Å². The molecule has 1 aromatic carbocycles. The number of nitriles is 1. The maximum Gasteiger partial charge on any atom is 0.418 e. The van der Waals surface area contributed by atoms with Crippen molar-refractivity contribution in [3.8, 4) is 17.6 Å². The normalized spacial score (nSPS) is 14.8. The van der Waals surface area contributed by atoms with Crippen LogP contribution in [-0.2, 0) is 22.4 Å². The average molecular weight is 598 g/mol. The predicted octanol–water partition coefficient (Wildman–Crippen LogP) is 6.10. The van der Waals surface area contributed by atoms with Gasteiger partial charge >= 0.3 is 12.2 Å². The van der Waals surface area contributed by atoms with Crippen molar-refractivity contribution in [3.05, 3.63) is 47.8 Å². The summed E-state index contributed by atoms with van der Waals surface area (Å²) in [6.07, 6.45) is -2.84. The van der Waals surface area contributed by atoms with Crippen LogP contribution in [0.15, 0.2) is 30.6 Å². The molecule has 2 amide bonds. The van der Waals surface area contributed by atoms with Crippen LogP contribution in [0.25, 0.3) is 11.0 Å². The Balaban J connectivity index is 1.55. The van der Waals surface area contributed by atoms with E-state index < -0.39 is 59.8 Å². The zero-order valence-corrected chi connectivity index (χ0v) is 23.5. The number of halogens is 5. The van der Waals surface area contributed by atoms with E-state index in [4.69, 9.17) is 14.2 Å². The van der Waals surface area contributed by atoms with Crippen LogP contribution >= 0.6 is 0 Å². The summed E-state index contributed by atoms with van der Waals surface area (Å²) in [5.41, 5.74) is -2.38. The molecule has 1 aliphatic heterocycles.